The molecule has 0 spiro atoms. The SMILES string of the molecule is CCCCCCC(C)(C)OC(=O)c1ccc(OC(=O)c2ccc(-c3ccc(OCCCOC(=O)C(F)(F)C(F)(F)C(F)(F)C(F)(F)C(F)(F)C(F)(F)C(F)(F)F)cc3)cc2)cc1. The molecule has 0 heterocycles. The van der Waals surface area contributed by atoms with Crippen molar-refractivity contribution in [3.8, 4) is 22.6 Å². The zero-order valence-electron chi connectivity index (χ0n) is 32.6. The highest BCUT2D eigenvalue weighted by atomic mass is 19.4. The highest BCUT2D eigenvalue weighted by Crippen LogP contribution is 2.62. The van der Waals surface area contributed by atoms with Crippen LogP contribution < -0.4 is 9.47 Å². The van der Waals surface area contributed by atoms with E-state index in [1.54, 1.807) is 12.1 Å². The molecule has 3 rings (SSSR count). The molecule has 344 valence electrons. The first-order chi connectivity index (χ1) is 28.4. The number of ether oxygens (including phenoxy) is 4. The van der Waals surface area contributed by atoms with Gasteiger partial charge in [0.05, 0.1) is 24.3 Å². The lowest BCUT2D eigenvalue weighted by Gasteiger charge is -2.40. The normalized spacial score (nSPS) is 13.4. The standard InChI is InChI=1S/C40H37F15O7/c1-4-5-6-7-21-33(2,3)62-31(57)27-15-19-29(20-16-27)61-30(56)26-11-9-24(10-12-26)25-13-17-28(18-14-25)59-22-8-23-60-32(58)34(41,42)35(43,44)36(45,46)37(47,48)38(49,50)39(51,52)40(53,54)55/h9-20H,4-8,21-23H2,1-3H3. The minimum Gasteiger partial charge on any atom is -0.493 e. The first-order valence-electron chi connectivity index (χ1n) is 18.3. The predicted octanol–water partition coefficient (Wildman–Crippen LogP) is 12.2. The van der Waals surface area contributed by atoms with Gasteiger partial charge >= 0.3 is 59.6 Å². The summed E-state index contributed by atoms with van der Waals surface area (Å²) in [6.45, 7) is 3.78. The molecule has 3 aromatic rings. The number of hydrogen-bond acceptors (Lipinski definition) is 7. The molecule has 0 aliphatic rings. The number of alkyl halides is 15. The zero-order valence-corrected chi connectivity index (χ0v) is 32.6. The Kier molecular flexibility index (Phi) is 15.7. The molecule has 62 heavy (non-hydrogen) atoms. The minimum absolute atomic E-state index is 0.0565. The maximum Gasteiger partial charge on any atom is 0.460 e. The summed E-state index contributed by atoms with van der Waals surface area (Å²) in [5.41, 5.74) is 0.893. The van der Waals surface area contributed by atoms with E-state index in [2.05, 4.69) is 11.7 Å². The molecule has 0 saturated heterocycles. The lowest BCUT2D eigenvalue weighted by atomic mass is 9.91. The number of halogens is 15. The fraction of sp³-hybridized carbons (Fsp3) is 0.475. The van der Waals surface area contributed by atoms with Crippen LogP contribution in [0.3, 0.4) is 0 Å². The second kappa shape index (κ2) is 19.1. The van der Waals surface area contributed by atoms with Crippen molar-refractivity contribution in [2.24, 2.45) is 0 Å². The lowest BCUT2D eigenvalue weighted by Crippen LogP contribution is -2.73. The Bertz CT molecular complexity index is 1980. The van der Waals surface area contributed by atoms with E-state index in [0.717, 1.165) is 25.7 Å². The minimum atomic E-state index is -8.52. The van der Waals surface area contributed by atoms with Gasteiger partial charge in [-0.1, -0.05) is 50.5 Å². The molecule has 0 bridgehead atoms. The van der Waals surface area contributed by atoms with Crippen molar-refractivity contribution in [2.75, 3.05) is 13.2 Å². The van der Waals surface area contributed by atoms with E-state index in [4.69, 9.17) is 14.2 Å². The Morgan fingerprint density at radius 2 is 0.952 bits per heavy atom. The molecule has 0 aliphatic carbocycles. The summed E-state index contributed by atoms with van der Waals surface area (Å²) >= 11 is 0. The number of esters is 3. The van der Waals surface area contributed by atoms with Crippen molar-refractivity contribution < 1.29 is 99.2 Å². The first-order valence-corrected chi connectivity index (χ1v) is 18.3. The topological polar surface area (TPSA) is 88.1 Å². The number of unbranched alkanes of at least 4 members (excludes halogenated alkanes) is 3. The summed E-state index contributed by atoms with van der Waals surface area (Å²) < 4.78 is 220. The number of carbonyl (C=O) groups excluding carboxylic acids is 3. The molecule has 0 amide bonds. The highest BCUT2D eigenvalue weighted by molar-refractivity contribution is 5.92. The van der Waals surface area contributed by atoms with E-state index < -0.39 is 84.9 Å². The van der Waals surface area contributed by atoms with Gasteiger partial charge in [-0.25, -0.2) is 14.4 Å². The molecule has 3 aromatic carbocycles. The van der Waals surface area contributed by atoms with Crippen LogP contribution >= 0.6 is 0 Å². The second-order valence-corrected chi connectivity index (χ2v) is 14.3. The Balaban J connectivity index is 1.51. The molecule has 0 unspecified atom stereocenters. The maximum absolute atomic E-state index is 14.0. The molecular formula is C40H37F15O7. The summed E-state index contributed by atoms with van der Waals surface area (Å²) in [6.07, 6.45) is -3.62. The molecule has 0 fully saturated rings. The van der Waals surface area contributed by atoms with E-state index >= 15 is 0 Å². The maximum atomic E-state index is 14.0. The van der Waals surface area contributed by atoms with Crippen LogP contribution in [0.5, 0.6) is 11.5 Å². The van der Waals surface area contributed by atoms with Crippen LogP contribution in [-0.4, -0.2) is 78.4 Å². The van der Waals surface area contributed by atoms with Crippen LogP contribution in [0.1, 0.15) is 80.0 Å². The zero-order chi connectivity index (χ0) is 47.2. The van der Waals surface area contributed by atoms with Gasteiger partial charge in [0.2, 0.25) is 0 Å². The lowest BCUT2D eigenvalue weighted by molar-refractivity contribution is -0.450. The molecule has 0 saturated carbocycles. The van der Waals surface area contributed by atoms with Crippen molar-refractivity contribution in [3.05, 3.63) is 83.9 Å². The van der Waals surface area contributed by atoms with Gasteiger partial charge in [0, 0.05) is 6.42 Å². The second-order valence-electron chi connectivity index (χ2n) is 14.3. The smallest absolute Gasteiger partial charge is 0.460 e. The van der Waals surface area contributed by atoms with Gasteiger partial charge in [-0.2, -0.15) is 65.9 Å². The quantitative estimate of drug-likeness (QED) is 0.0455. The third kappa shape index (κ3) is 10.9. The first kappa shape index (κ1) is 51.2. The average Bonchev–Trinajstić information content (AvgIpc) is 3.18. The molecule has 22 heteroatoms. The van der Waals surface area contributed by atoms with E-state index in [9.17, 15) is 80.2 Å². The summed E-state index contributed by atoms with van der Waals surface area (Å²) in [5, 5.41) is 0. The molecule has 0 aromatic heterocycles. The average molecular weight is 915 g/mol. The van der Waals surface area contributed by atoms with Gasteiger partial charge in [-0.05, 0) is 86.3 Å². The van der Waals surface area contributed by atoms with Crippen LogP contribution in [0.4, 0.5) is 65.9 Å². The predicted molar refractivity (Wildman–Crippen MR) is 188 cm³/mol. The Morgan fingerprint density at radius 1 is 0.500 bits per heavy atom. The third-order valence-electron chi connectivity index (χ3n) is 8.98. The van der Waals surface area contributed by atoms with Gasteiger partial charge < -0.3 is 18.9 Å². The highest BCUT2D eigenvalue weighted by Gasteiger charge is 2.94. The van der Waals surface area contributed by atoms with E-state index in [0.29, 0.717) is 17.5 Å². The van der Waals surface area contributed by atoms with Gasteiger partial charge in [-0.3, -0.25) is 0 Å². The number of rotatable bonds is 21. The number of carbonyl (C=O) groups is 3. The van der Waals surface area contributed by atoms with Crippen molar-refractivity contribution in [2.45, 2.75) is 107 Å². The number of benzene rings is 3. The van der Waals surface area contributed by atoms with Crippen molar-refractivity contribution >= 4 is 17.9 Å². The molecule has 0 N–H and O–H groups in total. The molecule has 0 radical (unpaired) electrons. The Labute approximate surface area is 343 Å². The Morgan fingerprint density at radius 3 is 1.47 bits per heavy atom. The fourth-order valence-corrected chi connectivity index (χ4v) is 5.31. The third-order valence-corrected chi connectivity index (χ3v) is 8.98. The van der Waals surface area contributed by atoms with Gasteiger partial charge in [0.15, 0.2) is 0 Å². The summed E-state index contributed by atoms with van der Waals surface area (Å²) in [7, 11) is 0. The van der Waals surface area contributed by atoms with Crippen LogP contribution in [-0.2, 0) is 14.3 Å². The molecular weight excluding hydrogens is 877 g/mol. The van der Waals surface area contributed by atoms with Crippen LogP contribution in [0, 0.1) is 0 Å². The molecule has 7 nitrogen and oxygen atoms in total. The van der Waals surface area contributed by atoms with Gasteiger partial charge in [0.1, 0.15) is 17.1 Å². The largest absolute Gasteiger partial charge is 0.493 e. The monoisotopic (exact) mass is 914 g/mol. The summed E-state index contributed by atoms with van der Waals surface area (Å²) in [5.74, 6) is -53.4. The summed E-state index contributed by atoms with van der Waals surface area (Å²) in [6, 6.07) is 17.5. The van der Waals surface area contributed by atoms with Crippen LogP contribution in [0.2, 0.25) is 0 Å². The van der Waals surface area contributed by atoms with E-state index in [-0.39, 0.29) is 22.6 Å². The van der Waals surface area contributed by atoms with Crippen molar-refractivity contribution in [1.29, 1.82) is 0 Å². The Hall–Kier alpha value is -5.18. The molecule has 0 atom stereocenters. The van der Waals surface area contributed by atoms with Gasteiger partial charge in [0.25, 0.3) is 0 Å². The fourth-order valence-electron chi connectivity index (χ4n) is 5.31. The van der Waals surface area contributed by atoms with Crippen molar-refractivity contribution in [1.82, 2.24) is 0 Å². The van der Waals surface area contributed by atoms with Crippen molar-refractivity contribution in [3.63, 3.8) is 0 Å². The van der Waals surface area contributed by atoms with Crippen LogP contribution in [0.15, 0.2) is 72.8 Å². The summed E-state index contributed by atoms with van der Waals surface area (Å²) in [4.78, 5) is 36.9. The van der Waals surface area contributed by atoms with Crippen LogP contribution in [0.25, 0.3) is 11.1 Å². The van der Waals surface area contributed by atoms with Gasteiger partial charge in [-0.15, -0.1) is 0 Å². The van der Waals surface area contributed by atoms with E-state index in [1.807, 2.05) is 13.8 Å². The number of hydrogen-bond donors (Lipinski definition) is 0. The molecule has 0 aliphatic heterocycles. The van der Waals surface area contributed by atoms with E-state index in [1.165, 1.54) is 60.7 Å².